The van der Waals surface area contributed by atoms with Crippen LogP contribution in [-0.4, -0.2) is 146 Å². The van der Waals surface area contributed by atoms with Crippen LogP contribution in [0.25, 0.3) is 158 Å². The second-order valence-corrected chi connectivity index (χ2v) is 40.1. The van der Waals surface area contributed by atoms with Gasteiger partial charge in [-0.1, -0.05) is 354 Å². The molecule has 0 spiro atoms. The third-order valence-electron chi connectivity index (χ3n) is 31.1. The lowest BCUT2D eigenvalue weighted by Crippen LogP contribution is -2.28. The Morgan fingerprint density at radius 1 is 0.187 bits per heavy atom. The van der Waals surface area contributed by atoms with E-state index in [4.69, 9.17) is 0 Å². The Labute approximate surface area is 870 Å². The Kier molecular flexibility index (Phi) is 24.2. The maximum absolute atomic E-state index is 12.8. The summed E-state index contributed by atoms with van der Waals surface area (Å²) < 4.78 is 13.1. The molecule has 27 nitrogen and oxygen atoms in total. The van der Waals surface area contributed by atoms with E-state index < -0.39 is 0 Å². The van der Waals surface area contributed by atoms with E-state index in [9.17, 15) is 4.79 Å². The van der Waals surface area contributed by atoms with Crippen LogP contribution in [0.3, 0.4) is 0 Å². The van der Waals surface area contributed by atoms with Crippen LogP contribution in [0.4, 0.5) is 28.4 Å². The average molecular weight is 1970 g/mol. The topological polar surface area (TPSA) is 248 Å². The number of aromatic nitrogens is 21. The molecular formula is C123H112N26O. The maximum atomic E-state index is 12.8. The molecule has 9 aliphatic rings. The number of benzene rings is 14. The van der Waals surface area contributed by atoms with Gasteiger partial charge < -0.3 is 24.5 Å². The zero-order chi connectivity index (χ0) is 103. The van der Waals surface area contributed by atoms with E-state index in [2.05, 4.69) is 425 Å². The van der Waals surface area contributed by atoms with Crippen molar-refractivity contribution in [3.63, 3.8) is 0 Å². The number of fused-ring (bicyclic) bond motifs is 41. The molecule has 30 rings (SSSR count). The van der Waals surface area contributed by atoms with Crippen LogP contribution in [0.1, 0.15) is 92.4 Å². The second kappa shape index (κ2) is 38.6. The lowest BCUT2D eigenvalue weighted by Gasteiger charge is -2.26. The first kappa shape index (κ1) is 94.0. The highest BCUT2D eigenvalue weighted by Crippen LogP contribution is 2.66. The van der Waals surface area contributed by atoms with Crippen LogP contribution in [0.15, 0.2) is 340 Å². The monoisotopic (exact) mass is 1970 g/mol. The first-order valence-electron chi connectivity index (χ1n) is 50.9. The molecule has 12 heterocycles. The zero-order valence-corrected chi connectivity index (χ0v) is 86.2. The van der Waals surface area contributed by atoms with Gasteiger partial charge in [0.2, 0.25) is 0 Å². The number of nitrogens with zero attached hydrogens (tertiary/aromatic N) is 26. The summed E-state index contributed by atoms with van der Waals surface area (Å²) in [5.41, 5.74) is 47.5. The van der Waals surface area contributed by atoms with E-state index >= 15 is 0 Å². The van der Waals surface area contributed by atoms with E-state index in [1.165, 1.54) is 123 Å². The molecule has 21 aromatic rings. The predicted molar refractivity (Wildman–Crippen MR) is 594 cm³/mol. The van der Waals surface area contributed by atoms with Gasteiger partial charge in [-0.3, -0.25) is 4.79 Å². The van der Waals surface area contributed by atoms with E-state index in [0.717, 1.165) is 134 Å². The van der Waals surface area contributed by atoms with Gasteiger partial charge in [-0.25, -0.2) is 32.8 Å². The molecule has 4 aliphatic carbocycles. The fourth-order valence-electron chi connectivity index (χ4n) is 23.8. The van der Waals surface area contributed by atoms with Gasteiger partial charge >= 0.3 is 0 Å². The summed E-state index contributed by atoms with van der Waals surface area (Å²) in [4.78, 5) is 23.6. The summed E-state index contributed by atoms with van der Waals surface area (Å²) in [7, 11) is 24.0. The molecule has 6 atom stereocenters. The van der Waals surface area contributed by atoms with Crippen molar-refractivity contribution in [1.29, 1.82) is 0 Å². The molecule has 0 saturated heterocycles. The van der Waals surface area contributed by atoms with Crippen molar-refractivity contribution >= 4 is 34.3 Å². The minimum atomic E-state index is -0.0423. The molecule has 0 bridgehead atoms. The van der Waals surface area contributed by atoms with E-state index in [-0.39, 0.29) is 5.91 Å². The number of amides is 1. The molecule has 0 N–H and O–H groups in total. The van der Waals surface area contributed by atoms with Crippen molar-refractivity contribution in [3.05, 3.63) is 390 Å². The van der Waals surface area contributed by atoms with Crippen LogP contribution in [-0.2, 0) is 75.5 Å². The lowest BCUT2D eigenvalue weighted by atomic mass is 9.89. The number of hydrogen-bond donors (Lipinski definition) is 0. The number of hydrogen-bond acceptors (Lipinski definition) is 19. The third-order valence-corrected chi connectivity index (χ3v) is 31.1. The fraction of sp³-hybridized carbons (Fsp3) is 0.195. The Morgan fingerprint density at radius 2 is 0.373 bits per heavy atom. The first-order valence-corrected chi connectivity index (χ1v) is 50.9. The lowest BCUT2D eigenvalue weighted by molar-refractivity contribution is 0.0993. The van der Waals surface area contributed by atoms with Gasteiger partial charge in [-0.05, 0) is 116 Å². The predicted octanol–water partition coefficient (Wildman–Crippen LogP) is 23.1. The third kappa shape index (κ3) is 16.3. The molecular weight excluding hydrogens is 1860 g/mol. The molecule has 6 unspecified atom stereocenters. The molecule has 740 valence electrons. The Balaban J connectivity index is 0.0000000931. The SMILES string of the molecule is CC1C2c3ccccc3-c3nnn(C)c3-c3ccccc3C12.CC1C2c3ccccc3-c3nnn(C)c3-c3ccccc3C12.CN1C(=O)c2ccccc2-c2nnn(C)c2-c2ccccc21.CN1Cc2ccccc2-c2c(nnn2C)-c2ccccc21.CN1Cc2ccccc2-c2c(nnn2C)-c2ccccc21.CN1Cc2ccccc2-c2nnn(C)c2-c2ccccc21.CN1Cc2ccccc2-c2nnn(C)c2-c2ccccc21. The van der Waals surface area contributed by atoms with Crippen molar-refractivity contribution in [2.45, 2.75) is 63.7 Å². The van der Waals surface area contributed by atoms with Gasteiger partial charge in [0, 0.05) is 217 Å². The van der Waals surface area contributed by atoms with Gasteiger partial charge in [-0.2, -0.15) is 0 Å². The number of carbonyl (C=O) groups is 1. The molecule has 1 amide bonds. The minimum absolute atomic E-state index is 0.0423. The van der Waals surface area contributed by atoms with Crippen LogP contribution in [0, 0.1) is 11.8 Å². The Morgan fingerprint density at radius 3 is 0.693 bits per heavy atom. The van der Waals surface area contributed by atoms with Crippen molar-refractivity contribution < 1.29 is 4.79 Å². The molecule has 14 aromatic carbocycles. The summed E-state index contributed by atoms with van der Waals surface area (Å²) in [6.07, 6.45) is 0. The largest absolute Gasteiger partial charge is 0.370 e. The van der Waals surface area contributed by atoms with Crippen LogP contribution in [0.2, 0.25) is 0 Å². The highest BCUT2D eigenvalue weighted by Gasteiger charge is 2.53. The quantitative estimate of drug-likeness (QED) is 0.137. The van der Waals surface area contributed by atoms with Gasteiger partial charge in [0.1, 0.15) is 39.9 Å². The van der Waals surface area contributed by atoms with Crippen molar-refractivity contribution in [3.8, 4) is 158 Å². The molecule has 5 aliphatic heterocycles. The molecule has 0 radical (unpaired) electrons. The number of carbonyl (C=O) groups excluding carboxylic acids is 1. The van der Waals surface area contributed by atoms with Crippen molar-refractivity contribution in [1.82, 2.24) is 105 Å². The summed E-state index contributed by atoms with van der Waals surface area (Å²) in [6.45, 7) is 8.21. The highest BCUT2D eigenvalue weighted by molar-refractivity contribution is 6.14. The second-order valence-electron chi connectivity index (χ2n) is 40.1. The molecule has 2 saturated carbocycles. The van der Waals surface area contributed by atoms with Gasteiger partial charge in [0.25, 0.3) is 5.91 Å². The number of para-hydroxylation sites is 5. The van der Waals surface area contributed by atoms with Gasteiger partial charge in [-0.15, -0.1) is 35.7 Å². The molecule has 7 aromatic heterocycles. The number of rotatable bonds is 0. The summed E-state index contributed by atoms with van der Waals surface area (Å²) >= 11 is 0. The van der Waals surface area contributed by atoms with Gasteiger partial charge in [0.05, 0.1) is 45.5 Å². The average Bonchev–Trinajstić information content (AvgIpc) is 1.55. The summed E-state index contributed by atoms with van der Waals surface area (Å²) in [5.74, 6) is 3.76. The Bertz CT molecular complexity index is 8360. The van der Waals surface area contributed by atoms with E-state index in [1.54, 1.807) is 16.6 Å². The first-order chi connectivity index (χ1) is 73.2. The van der Waals surface area contributed by atoms with Crippen molar-refractivity contribution in [2.75, 3.05) is 59.7 Å². The Hall–Kier alpha value is -18.3. The van der Waals surface area contributed by atoms with Crippen LogP contribution >= 0.6 is 0 Å². The summed E-state index contributed by atoms with van der Waals surface area (Å²) in [5, 5.41) is 60.7. The summed E-state index contributed by atoms with van der Waals surface area (Å²) in [6, 6.07) is 118. The van der Waals surface area contributed by atoms with Crippen molar-refractivity contribution in [2.24, 2.45) is 61.2 Å². The van der Waals surface area contributed by atoms with Crippen LogP contribution < -0.4 is 24.5 Å². The maximum Gasteiger partial charge on any atom is 0.258 e. The minimum Gasteiger partial charge on any atom is -0.370 e. The molecule has 2 fully saturated rings. The molecule has 27 heteroatoms. The van der Waals surface area contributed by atoms with E-state index in [0.29, 0.717) is 41.1 Å². The molecule has 150 heavy (non-hydrogen) atoms. The normalized spacial score (nSPS) is 16.3. The number of anilines is 5. The van der Waals surface area contributed by atoms with E-state index in [1.807, 2.05) is 126 Å². The van der Waals surface area contributed by atoms with Gasteiger partial charge in [0.15, 0.2) is 0 Å². The highest BCUT2D eigenvalue weighted by atomic mass is 16.2. The number of aryl methyl sites for hydroxylation is 7. The zero-order valence-electron chi connectivity index (χ0n) is 86.2. The smallest absolute Gasteiger partial charge is 0.258 e. The standard InChI is InChI=1S/2C19H17N3.C17H14N4O.4C17H16N4/c2*1-11-16-12-7-3-5-9-14(12)18-19(22(2)21-20-18)15-10-6-4-8-13(15)17(11)16;1-20-14-10-6-5-9-13(14)16-15(18-19-21(16)2)11-7-3-4-8-12(11)17(20)22;2*1-20-11-12-7-3-4-8-13(12)17-16(18-19-21(17)2)14-9-5-6-10-15(14)20;2*1-20-11-12-7-3-4-8-13(12)16-17(21(2)19-18-16)14-9-5-6-10-15(14)20/h2*3-11,16-17H,1-2H3;3-10H,1-2H3;4*3-10H,11H2,1-2H3. The fourth-order valence-corrected chi connectivity index (χ4v) is 23.8. The van der Waals surface area contributed by atoms with Crippen LogP contribution in [0.5, 0.6) is 0 Å².